The fraction of sp³-hybridized carbons (Fsp3) is 0.737. The van der Waals surface area contributed by atoms with Gasteiger partial charge in [-0.2, -0.15) is 0 Å². The zero-order chi connectivity index (χ0) is 15.5. The molecule has 2 saturated heterocycles. The second-order valence-corrected chi connectivity index (χ2v) is 7.71. The van der Waals surface area contributed by atoms with Crippen LogP contribution in [-0.2, 0) is 16.1 Å². The number of hydrogen-bond donors (Lipinski definition) is 0. The van der Waals surface area contributed by atoms with Crippen LogP contribution in [0.15, 0.2) is 24.5 Å². The lowest BCUT2D eigenvalue weighted by Gasteiger charge is -2.53. The third-order valence-electron chi connectivity index (χ3n) is 5.49. The number of likely N-dealkylation sites (tertiary alicyclic amines) is 1. The molecule has 3 aliphatic rings. The summed E-state index contributed by atoms with van der Waals surface area (Å²) in [5, 5.41) is 0. The van der Waals surface area contributed by atoms with E-state index in [1.807, 2.05) is 12.3 Å². The van der Waals surface area contributed by atoms with Crippen molar-refractivity contribution in [1.82, 2.24) is 9.88 Å². The van der Waals surface area contributed by atoms with Gasteiger partial charge in [-0.25, -0.2) is 0 Å². The molecule has 3 fully saturated rings. The molecule has 0 N–H and O–H groups in total. The maximum atomic E-state index is 6.15. The monoisotopic (exact) mass is 316 g/mol. The summed E-state index contributed by atoms with van der Waals surface area (Å²) in [6, 6.07) is 4.03. The van der Waals surface area contributed by atoms with E-state index in [2.05, 4.69) is 16.0 Å². The molecule has 1 aromatic rings. The quantitative estimate of drug-likeness (QED) is 0.725. The van der Waals surface area contributed by atoms with E-state index in [1.165, 1.54) is 32.2 Å². The van der Waals surface area contributed by atoms with Crippen molar-refractivity contribution in [3.05, 3.63) is 30.1 Å². The van der Waals surface area contributed by atoms with Crippen LogP contribution in [0.25, 0.3) is 0 Å². The van der Waals surface area contributed by atoms with Crippen molar-refractivity contribution in [3.63, 3.8) is 0 Å². The van der Waals surface area contributed by atoms with Crippen LogP contribution >= 0.6 is 0 Å². The van der Waals surface area contributed by atoms with Crippen LogP contribution in [0, 0.1) is 11.8 Å². The smallest absolute Gasteiger partial charge is 0.0937 e. The molecule has 3 heterocycles. The van der Waals surface area contributed by atoms with Gasteiger partial charge in [-0.05, 0) is 55.6 Å². The summed E-state index contributed by atoms with van der Waals surface area (Å²) in [5.74, 6) is 1.76. The van der Waals surface area contributed by atoms with Gasteiger partial charge in [0, 0.05) is 45.2 Å². The zero-order valence-corrected chi connectivity index (χ0v) is 14.0. The average Bonchev–Trinajstić information content (AvgIpc) is 3.36. The summed E-state index contributed by atoms with van der Waals surface area (Å²) in [5.41, 5.74) is 1.34. The Morgan fingerprint density at radius 2 is 2.17 bits per heavy atom. The van der Waals surface area contributed by atoms with E-state index in [0.717, 1.165) is 50.1 Å². The molecule has 126 valence electrons. The lowest BCUT2D eigenvalue weighted by atomic mass is 9.79. The fourth-order valence-corrected chi connectivity index (χ4v) is 4.08. The molecule has 1 aromatic heterocycles. The first-order valence-corrected chi connectivity index (χ1v) is 9.14. The van der Waals surface area contributed by atoms with Gasteiger partial charge in [0.15, 0.2) is 0 Å². The normalized spacial score (nSPS) is 27.0. The topological polar surface area (TPSA) is 34.6 Å². The van der Waals surface area contributed by atoms with Crippen LogP contribution in [0.3, 0.4) is 0 Å². The predicted molar refractivity (Wildman–Crippen MR) is 89.1 cm³/mol. The Morgan fingerprint density at radius 1 is 1.26 bits per heavy atom. The Labute approximate surface area is 139 Å². The maximum Gasteiger partial charge on any atom is 0.0937 e. The summed E-state index contributed by atoms with van der Waals surface area (Å²) in [6.45, 7) is 6.10. The first-order valence-electron chi connectivity index (χ1n) is 9.14. The summed E-state index contributed by atoms with van der Waals surface area (Å²) in [6.07, 6.45) is 10.2. The molecule has 0 bridgehead atoms. The fourth-order valence-electron chi connectivity index (χ4n) is 4.08. The predicted octanol–water partition coefficient (Wildman–Crippen LogP) is 2.88. The van der Waals surface area contributed by atoms with E-state index < -0.39 is 0 Å². The molecule has 4 heteroatoms. The van der Waals surface area contributed by atoms with Crippen LogP contribution < -0.4 is 0 Å². The third-order valence-corrected chi connectivity index (χ3v) is 5.49. The largest absolute Gasteiger partial charge is 0.377 e. The van der Waals surface area contributed by atoms with Crippen LogP contribution in [0.1, 0.15) is 37.7 Å². The van der Waals surface area contributed by atoms with Gasteiger partial charge in [0.2, 0.25) is 0 Å². The molecule has 1 atom stereocenters. The van der Waals surface area contributed by atoms with Gasteiger partial charge in [-0.15, -0.1) is 0 Å². The minimum atomic E-state index is 0.182. The highest BCUT2D eigenvalue weighted by Crippen LogP contribution is 2.40. The number of hydrogen-bond acceptors (Lipinski definition) is 4. The average molecular weight is 316 g/mol. The first kappa shape index (κ1) is 15.6. The third kappa shape index (κ3) is 4.11. The second kappa shape index (κ2) is 6.88. The molecule has 1 saturated carbocycles. The van der Waals surface area contributed by atoms with Gasteiger partial charge in [-0.1, -0.05) is 6.07 Å². The van der Waals surface area contributed by atoms with Gasteiger partial charge < -0.3 is 9.47 Å². The lowest BCUT2D eigenvalue weighted by Crippen LogP contribution is -2.65. The molecule has 2 aliphatic heterocycles. The molecular weight excluding hydrogens is 288 g/mol. The van der Waals surface area contributed by atoms with E-state index in [9.17, 15) is 0 Å². The van der Waals surface area contributed by atoms with Crippen molar-refractivity contribution in [2.45, 2.75) is 44.3 Å². The Balaban J connectivity index is 1.15. The van der Waals surface area contributed by atoms with Crippen molar-refractivity contribution < 1.29 is 9.47 Å². The molecule has 0 amide bonds. The van der Waals surface area contributed by atoms with E-state index in [-0.39, 0.29) is 5.60 Å². The maximum absolute atomic E-state index is 6.15. The van der Waals surface area contributed by atoms with E-state index >= 15 is 0 Å². The highest BCUT2D eigenvalue weighted by atomic mass is 16.5. The Bertz CT molecular complexity index is 497. The second-order valence-electron chi connectivity index (χ2n) is 7.71. The van der Waals surface area contributed by atoms with Crippen LogP contribution in [0.2, 0.25) is 0 Å². The highest BCUT2D eigenvalue weighted by molar-refractivity contribution is 5.06. The van der Waals surface area contributed by atoms with Crippen molar-refractivity contribution in [2.24, 2.45) is 11.8 Å². The van der Waals surface area contributed by atoms with Gasteiger partial charge in [0.05, 0.1) is 12.2 Å². The van der Waals surface area contributed by atoms with Crippen LogP contribution in [0.4, 0.5) is 0 Å². The molecule has 1 unspecified atom stereocenters. The Morgan fingerprint density at radius 3 is 2.96 bits per heavy atom. The lowest BCUT2D eigenvalue weighted by molar-refractivity contribution is -0.180. The minimum Gasteiger partial charge on any atom is -0.377 e. The number of aromatic nitrogens is 1. The molecule has 4 rings (SSSR count). The SMILES string of the molecule is c1cncc(COCCC2CCOC3(C2)CN(CC2CC2)C3)c1. The number of rotatable bonds is 7. The summed E-state index contributed by atoms with van der Waals surface area (Å²) >= 11 is 0. The Kier molecular flexibility index (Phi) is 4.65. The number of nitrogens with zero attached hydrogens (tertiary/aromatic N) is 2. The summed E-state index contributed by atoms with van der Waals surface area (Å²) in [4.78, 5) is 6.72. The van der Waals surface area contributed by atoms with Crippen molar-refractivity contribution in [2.75, 3.05) is 32.8 Å². The summed E-state index contributed by atoms with van der Waals surface area (Å²) in [7, 11) is 0. The molecule has 4 nitrogen and oxygen atoms in total. The molecule has 0 aromatic carbocycles. The van der Waals surface area contributed by atoms with Gasteiger partial charge in [-0.3, -0.25) is 9.88 Å². The van der Waals surface area contributed by atoms with Crippen molar-refractivity contribution in [3.8, 4) is 0 Å². The first-order chi connectivity index (χ1) is 11.3. The number of ether oxygens (including phenoxy) is 2. The standard InChI is InChI=1S/C19H28N2O2/c1-2-18(11-20-7-1)13-22-8-5-16-6-9-23-19(10-16)14-21(15-19)12-17-3-4-17/h1-2,7,11,16-17H,3-6,8-10,12-15H2. The van der Waals surface area contributed by atoms with E-state index in [1.54, 1.807) is 6.20 Å². The number of pyridine rings is 1. The molecule has 23 heavy (non-hydrogen) atoms. The molecule has 1 spiro atoms. The van der Waals surface area contributed by atoms with Crippen LogP contribution in [0.5, 0.6) is 0 Å². The minimum absolute atomic E-state index is 0.182. The van der Waals surface area contributed by atoms with Crippen molar-refractivity contribution >= 4 is 0 Å². The van der Waals surface area contributed by atoms with Crippen LogP contribution in [-0.4, -0.2) is 48.3 Å². The zero-order valence-electron chi connectivity index (χ0n) is 14.0. The van der Waals surface area contributed by atoms with Gasteiger partial charge in [0.1, 0.15) is 0 Å². The molecule has 1 aliphatic carbocycles. The van der Waals surface area contributed by atoms with Crippen molar-refractivity contribution in [1.29, 1.82) is 0 Å². The van der Waals surface area contributed by atoms with Gasteiger partial charge >= 0.3 is 0 Å². The highest BCUT2D eigenvalue weighted by Gasteiger charge is 2.48. The van der Waals surface area contributed by atoms with Gasteiger partial charge in [0.25, 0.3) is 0 Å². The van der Waals surface area contributed by atoms with E-state index in [0.29, 0.717) is 6.61 Å². The Hall–Kier alpha value is -0.970. The van der Waals surface area contributed by atoms with E-state index in [4.69, 9.17) is 9.47 Å². The summed E-state index contributed by atoms with van der Waals surface area (Å²) < 4.78 is 12.0. The molecule has 0 radical (unpaired) electrons. The molecular formula is C19H28N2O2.